The van der Waals surface area contributed by atoms with E-state index in [9.17, 15) is 0 Å². The van der Waals surface area contributed by atoms with Crippen LogP contribution in [0.3, 0.4) is 0 Å². The van der Waals surface area contributed by atoms with Gasteiger partial charge < -0.3 is 14.4 Å². The second-order valence-electron chi connectivity index (χ2n) is 8.31. The van der Waals surface area contributed by atoms with Crippen molar-refractivity contribution in [3.8, 4) is 6.07 Å². The maximum atomic E-state index is 8.93. The van der Waals surface area contributed by atoms with Gasteiger partial charge in [0.05, 0.1) is 18.2 Å². The molecule has 0 N–H and O–H groups in total. The third-order valence-corrected chi connectivity index (χ3v) is 6.32. The molecule has 33 heavy (non-hydrogen) atoms. The average molecular weight is 434 g/mol. The quantitative estimate of drug-likeness (QED) is 0.522. The van der Waals surface area contributed by atoms with Gasteiger partial charge in [-0.1, -0.05) is 18.2 Å². The Labute approximate surface area is 194 Å². The summed E-state index contributed by atoms with van der Waals surface area (Å²) in [6.45, 7) is 4.59. The monoisotopic (exact) mass is 433 g/mol. The Kier molecular flexibility index (Phi) is 6.10. The number of aryl methyl sites for hydroxylation is 1. The second kappa shape index (κ2) is 9.65. The standard InChI is InChI=1S/C28H27N5/c29-13-5-16-32-17-12-24-22-23(8-9-27(24)32)26-6-3-1-2-4-7-28(26)33-20-18-31(19-21-33)25-10-14-30-15-11-25/h2-4,7-12,14-15,17,22H,1,5,16,18-21H2/b4-2-,28-7+. The normalized spacial score (nSPS) is 18.8. The highest BCUT2D eigenvalue weighted by Crippen LogP contribution is 2.30. The summed E-state index contributed by atoms with van der Waals surface area (Å²) in [5.74, 6) is 0. The summed E-state index contributed by atoms with van der Waals surface area (Å²) < 4.78 is 2.16. The maximum absolute atomic E-state index is 8.93. The van der Waals surface area contributed by atoms with Crippen molar-refractivity contribution in [1.82, 2.24) is 14.5 Å². The highest BCUT2D eigenvalue weighted by atomic mass is 15.3. The van der Waals surface area contributed by atoms with Gasteiger partial charge in [-0.25, -0.2) is 0 Å². The molecule has 0 unspecified atom stereocenters. The Morgan fingerprint density at radius 3 is 2.64 bits per heavy atom. The summed E-state index contributed by atoms with van der Waals surface area (Å²) in [6.07, 6.45) is 15.9. The van der Waals surface area contributed by atoms with Crippen LogP contribution in [0.4, 0.5) is 5.69 Å². The second-order valence-corrected chi connectivity index (χ2v) is 8.31. The van der Waals surface area contributed by atoms with Gasteiger partial charge in [-0.15, -0.1) is 5.73 Å². The van der Waals surface area contributed by atoms with E-state index in [2.05, 4.69) is 98.1 Å². The SMILES string of the molecule is N#CCCn1ccc2cc(C3=C=CC/C=C\C=C/3N3CCN(c4ccncc4)CC3)ccc21. The summed E-state index contributed by atoms with van der Waals surface area (Å²) in [7, 11) is 0. The van der Waals surface area contributed by atoms with Gasteiger partial charge in [0.25, 0.3) is 0 Å². The molecule has 0 radical (unpaired) electrons. The summed E-state index contributed by atoms with van der Waals surface area (Å²) in [5.41, 5.74) is 9.53. The summed E-state index contributed by atoms with van der Waals surface area (Å²) in [4.78, 5) is 9.05. The van der Waals surface area contributed by atoms with Crippen molar-refractivity contribution in [3.05, 3.63) is 96.3 Å². The number of nitrogens with zero attached hydrogens (tertiary/aromatic N) is 5. The zero-order valence-electron chi connectivity index (χ0n) is 18.7. The molecule has 0 amide bonds. The number of pyridine rings is 1. The van der Waals surface area contributed by atoms with E-state index >= 15 is 0 Å². The van der Waals surface area contributed by atoms with Crippen LogP contribution in [0.5, 0.6) is 0 Å². The fourth-order valence-electron chi connectivity index (χ4n) is 4.60. The average Bonchev–Trinajstić information content (AvgIpc) is 3.26. The number of fused-ring (bicyclic) bond motifs is 1. The van der Waals surface area contributed by atoms with E-state index in [1.54, 1.807) is 0 Å². The molecule has 164 valence electrons. The predicted octanol–water partition coefficient (Wildman–Crippen LogP) is 5.15. The van der Waals surface area contributed by atoms with Crippen LogP contribution >= 0.6 is 0 Å². The Hall–Kier alpha value is -4.00. The Bertz CT molecular complexity index is 1290. The number of hydrogen-bond donors (Lipinski definition) is 0. The molecule has 1 aromatic carbocycles. The van der Waals surface area contributed by atoms with Crippen LogP contribution in [0.25, 0.3) is 16.5 Å². The number of piperazine rings is 1. The molecule has 0 saturated carbocycles. The molecule has 1 saturated heterocycles. The van der Waals surface area contributed by atoms with Crippen LogP contribution in [0, 0.1) is 11.3 Å². The summed E-state index contributed by atoms with van der Waals surface area (Å²) in [6, 6.07) is 15.2. The fourth-order valence-corrected chi connectivity index (χ4v) is 4.60. The lowest BCUT2D eigenvalue weighted by atomic mass is 9.99. The third kappa shape index (κ3) is 4.48. The lowest BCUT2D eigenvalue weighted by Gasteiger charge is -2.39. The molecule has 1 fully saturated rings. The number of rotatable bonds is 5. The Morgan fingerprint density at radius 1 is 1.00 bits per heavy atom. The Morgan fingerprint density at radius 2 is 1.82 bits per heavy atom. The molecule has 1 aliphatic carbocycles. The van der Waals surface area contributed by atoms with Gasteiger partial charge in [0.15, 0.2) is 0 Å². The van der Waals surface area contributed by atoms with Crippen LogP contribution < -0.4 is 4.90 Å². The van der Waals surface area contributed by atoms with Crippen molar-refractivity contribution in [2.45, 2.75) is 19.4 Å². The molecule has 3 heterocycles. The minimum atomic E-state index is 0.518. The predicted molar refractivity (Wildman–Crippen MR) is 134 cm³/mol. The van der Waals surface area contributed by atoms with E-state index in [1.165, 1.54) is 27.9 Å². The molecule has 0 bridgehead atoms. The van der Waals surface area contributed by atoms with Crippen LogP contribution in [-0.4, -0.2) is 40.6 Å². The number of nitriles is 1. The van der Waals surface area contributed by atoms with Crippen molar-refractivity contribution in [1.29, 1.82) is 5.26 Å². The van der Waals surface area contributed by atoms with Crippen molar-refractivity contribution < 1.29 is 0 Å². The minimum absolute atomic E-state index is 0.518. The van der Waals surface area contributed by atoms with Crippen molar-refractivity contribution >= 4 is 22.2 Å². The van der Waals surface area contributed by atoms with E-state index < -0.39 is 0 Å². The molecule has 1 aliphatic heterocycles. The van der Waals surface area contributed by atoms with Gasteiger partial charge in [-0.3, -0.25) is 4.98 Å². The first kappa shape index (κ1) is 20.9. The molecule has 5 heteroatoms. The first-order chi connectivity index (χ1) is 16.3. The van der Waals surface area contributed by atoms with E-state index in [0.29, 0.717) is 6.42 Å². The smallest absolute Gasteiger partial charge is 0.0640 e. The van der Waals surface area contributed by atoms with Crippen LogP contribution in [0.15, 0.2) is 90.7 Å². The van der Waals surface area contributed by atoms with Gasteiger partial charge in [-0.05, 0) is 54.5 Å². The van der Waals surface area contributed by atoms with Crippen LogP contribution in [-0.2, 0) is 6.54 Å². The van der Waals surface area contributed by atoms with Gasteiger partial charge in [0.1, 0.15) is 0 Å². The lowest BCUT2D eigenvalue weighted by molar-refractivity contribution is 0.333. The molecule has 0 spiro atoms. The fraction of sp³-hybridized carbons (Fsp3) is 0.250. The summed E-state index contributed by atoms with van der Waals surface area (Å²) >= 11 is 0. The van der Waals surface area contributed by atoms with E-state index in [1.807, 2.05) is 12.4 Å². The topological polar surface area (TPSA) is 48.1 Å². The van der Waals surface area contributed by atoms with Crippen molar-refractivity contribution in [3.63, 3.8) is 0 Å². The number of allylic oxidation sites excluding steroid dienone is 4. The Balaban J connectivity index is 1.41. The molecular formula is C28H27N5. The largest absolute Gasteiger partial charge is 0.368 e. The zero-order valence-corrected chi connectivity index (χ0v) is 18.7. The van der Waals surface area contributed by atoms with E-state index in [4.69, 9.17) is 5.26 Å². The molecule has 2 aliphatic rings. The zero-order chi connectivity index (χ0) is 22.5. The van der Waals surface area contributed by atoms with Crippen LogP contribution in [0.2, 0.25) is 0 Å². The highest BCUT2D eigenvalue weighted by Gasteiger charge is 2.22. The molecule has 2 aromatic heterocycles. The van der Waals surface area contributed by atoms with Gasteiger partial charge in [-0.2, -0.15) is 5.26 Å². The number of benzene rings is 1. The van der Waals surface area contributed by atoms with Crippen LogP contribution in [0.1, 0.15) is 18.4 Å². The number of hydrogen-bond acceptors (Lipinski definition) is 4. The van der Waals surface area contributed by atoms with Crippen molar-refractivity contribution in [2.75, 3.05) is 31.1 Å². The molecule has 0 atom stereocenters. The lowest BCUT2D eigenvalue weighted by Crippen LogP contribution is -2.46. The van der Waals surface area contributed by atoms with Gasteiger partial charge >= 0.3 is 0 Å². The first-order valence-electron chi connectivity index (χ1n) is 11.5. The maximum Gasteiger partial charge on any atom is 0.0640 e. The first-order valence-corrected chi connectivity index (χ1v) is 11.5. The van der Waals surface area contributed by atoms with Crippen molar-refractivity contribution in [2.24, 2.45) is 0 Å². The number of anilines is 1. The number of aromatic nitrogens is 2. The minimum Gasteiger partial charge on any atom is -0.368 e. The highest BCUT2D eigenvalue weighted by molar-refractivity contribution is 5.88. The van der Waals surface area contributed by atoms with E-state index in [0.717, 1.165) is 44.7 Å². The van der Waals surface area contributed by atoms with E-state index in [-0.39, 0.29) is 0 Å². The summed E-state index contributed by atoms with van der Waals surface area (Å²) in [5, 5.41) is 10.1. The molecule has 5 rings (SSSR count). The third-order valence-electron chi connectivity index (χ3n) is 6.32. The van der Waals surface area contributed by atoms with Gasteiger partial charge in [0, 0.05) is 73.5 Å². The van der Waals surface area contributed by atoms with Gasteiger partial charge in [0.2, 0.25) is 0 Å². The molecule has 3 aromatic rings. The molecular weight excluding hydrogens is 406 g/mol. The molecule has 5 nitrogen and oxygen atoms in total.